The van der Waals surface area contributed by atoms with Crippen molar-refractivity contribution >= 4 is 11.2 Å². The van der Waals surface area contributed by atoms with Crippen molar-refractivity contribution in [2.45, 2.75) is 36.3 Å². The van der Waals surface area contributed by atoms with Gasteiger partial charge >= 0.3 is 0 Å². The molecule has 2 aromatic rings. The van der Waals surface area contributed by atoms with Crippen LogP contribution in [0, 0.1) is 6.92 Å². The topological polar surface area (TPSA) is 39.2 Å². The van der Waals surface area contributed by atoms with Crippen LogP contribution in [0.1, 0.15) is 24.0 Å². The number of rotatable bonds is 5. The molecule has 0 N–H and O–H groups in total. The molecule has 3 nitrogen and oxygen atoms in total. The van der Waals surface area contributed by atoms with E-state index in [4.69, 9.17) is 0 Å². The molecule has 3 rings (SSSR count). The summed E-state index contributed by atoms with van der Waals surface area (Å²) in [5.74, 6) is 0. The third kappa shape index (κ3) is 4.56. The molecule has 2 heterocycles. The lowest BCUT2D eigenvalue weighted by Crippen LogP contribution is -2.40. The van der Waals surface area contributed by atoms with Gasteiger partial charge in [0.15, 0.2) is 4.90 Å². The van der Waals surface area contributed by atoms with Crippen LogP contribution in [-0.2, 0) is 17.6 Å². The van der Waals surface area contributed by atoms with E-state index in [2.05, 4.69) is 41.1 Å². The lowest BCUT2D eigenvalue weighted by molar-refractivity contribution is 0.232. The molecule has 122 valence electrons. The maximum absolute atomic E-state index is 12.7. The molecule has 1 fully saturated rings. The predicted octanol–water partition coefficient (Wildman–Crippen LogP) is 3.20. The highest BCUT2D eigenvalue weighted by molar-refractivity contribution is 7.92. The van der Waals surface area contributed by atoms with E-state index in [1.165, 1.54) is 11.1 Å². The fraction of sp³-hybridized carbons (Fsp3) is 0.421. The summed E-state index contributed by atoms with van der Waals surface area (Å²) in [6.45, 7) is 5.24. The number of hydrogen-bond donors (Lipinski definition) is 0. The van der Waals surface area contributed by atoms with Gasteiger partial charge in [0.2, 0.25) is 0 Å². The standard InChI is InChI=1S/C19H24N2OS/c1-16-2-4-18(5-3-16)23(22)19-9-14-21(15-10-19)13-8-17-6-11-20-12-7-17/h2-7,11-12,19H,8-10,13-15H2,1H3. The molecule has 1 atom stereocenters. The first kappa shape index (κ1) is 16.5. The lowest BCUT2D eigenvalue weighted by Gasteiger charge is -2.32. The van der Waals surface area contributed by atoms with Crippen molar-refractivity contribution in [1.82, 2.24) is 9.88 Å². The fourth-order valence-electron chi connectivity index (χ4n) is 3.05. The number of aromatic nitrogens is 1. The Kier molecular flexibility index (Phi) is 5.70. The van der Waals surface area contributed by atoms with Gasteiger partial charge in [-0.05, 0) is 54.3 Å². The summed E-state index contributed by atoms with van der Waals surface area (Å²) >= 11 is -0.868. The van der Waals surface area contributed by atoms with Crippen molar-refractivity contribution < 1.29 is 4.55 Å². The molecule has 1 aromatic heterocycles. The van der Waals surface area contributed by atoms with Crippen LogP contribution >= 0.6 is 0 Å². The van der Waals surface area contributed by atoms with Gasteiger partial charge < -0.3 is 9.45 Å². The Bertz CT molecular complexity index is 595. The first-order valence-corrected chi connectivity index (χ1v) is 9.52. The molecule has 4 heteroatoms. The molecule has 0 spiro atoms. The zero-order valence-electron chi connectivity index (χ0n) is 13.6. The minimum Gasteiger partial charge on any atom is -0.611 e. The highest BCUT2D eigenvalue weighted by Crippen LogP contribution is 2.24. The quantitative estimate of drug-likeness (QED) is 0.791. The van der Waals surface area contributed by atoms with Crippen molar-refractivity contribution in [3.8, 4) is 0 Å². The van der Waals surface area contributed by atoms with Crippen LogP contribution in [0.3, 0.4) is 0 Å². The largest absolute Gasteiger partial charge is 0.611 e. The van der Waals surface area contributed by atoms with E-state index in [-0.39, 0.29) is 0 Å². The van der Waals surface area contributed by atoms with Crippen molar-refractivity contribution in [2.24, 2.45) is 0 Å². The van der Waals surface area contributed by atoms with Crippen molar-refractivity contribution in [3.63, 3.8) is 0 Å². The van der Waals surface area contributed by atoms with Gasteiger partial charge in [0.05, 0.1) is 0 Å². The van der Waals surface area contributed by atoms with Crippen LogP contribution in [-0.4, -0.2) is 39.3 Å². The van der Waals surface area contributed by atoms with Crippen LogP contribution in [0.5, 0.6) is 0 Å². The smallest absolute Gasteiger partial charge is 0.152 e. The number of nitrogens with zero attached hydrogens (tertiary/aromatic N) is 2. The Morgan fingerprint density at radius 2 is 1.74 bits per heavy atom. The van der Waals surface area contributed by atoms with Gasteiger partial charge in [0, 0.05) is 44.9 Å². The second-order valence-corrected chi connectivity index (χ2v) is 7.99. The molecule has 0 bridgehead atoms. The molecule has 1 aromatic carbocycles. The number of benzene rings is 1. The number of likely N-dealkylation sites (tertiary alicyclic amines) is 1. The lowest BCUT2D eigenvalue weighted by atomic mass is 10.1. The first-order valence-electron chi connectivity index (χ1n) is 8.31. The number of pyridine rings is 1. The number of hydrogen-bond acceptors (Lipinski definition) is 3. The SMILES string of the molecule is Cc1ccc([S+]([O-])C2CCN(CCc3ccncc3)CC2)cc1. The van der Waals surface area contributed by atoms with E-state index in [1.807, 2.05) is 24.5 Å². The summed E-state index contributed by atoms with van der Waals surface area (Å²) in [4.78, 5) is 7.52. The average Bonchev–Trinajstić information content (AvgIpc) is 2.61. The van der Waals surface area contributed by atoms with E-state index in [0.717, 1.165) is 43.8 Å². The Labute approximate surface area is 141 Å². The molecule has 23 heavy (non-hydrogen) atoms. The maximum Gasteiger partial charge on any atom is 0.152 e. The Hall–Kier alpha value is -1.36. The highest BCUT2D eigenvalue weighted by atomic mass is 32.2. The molecule has 0 saturated carbocycles. The summed E-state index contributed by atoms with van der Waals surface area (Å²) in [6.07, 6.45) is 6.82. The fourth-order valence-corrected chi connectivity index (χ4v) is 4.48. The average molecular weight is 328 g/mol. The molecule has 0 aliphatic carbocycles. The molecular weight excluding hydrogens is 304 g/mol. The monoisotopic (exact) mass is 328 g/mol. The highest BCUT2D eigenvalue weighted by Gasteiger charge is 2.29. The third-order valence-corrected chi connectivity index (χ3v) is 6.37. The van der Waals surface area contributed by atoms with E-state index < -0.39 is 11.2 Å². The van der Waals surface area contributed by atoms with Crippen LogP contribution in [0.4, 0.5) is 0 Å². The minimum absolute atomic E-state index is 0.301. The van der Waals surface area contributed by atoms with Crippen molar-refractivity contribution in [1.29, 1.82) is 0 Å². The predicted molar refractivity (Wildman–Crippen MR) is 95.0 cm³/mol. The number of piperidine rings is 1. The van der Waals surface area contributed by atoms with Crippen molar-refractivity contribution in [3.05, 3.63) is 59.9 Å². The Morgan fingerprint density at radius 3 is 2.39 bits per heavy atom. The van der Waals surface area contributed by atoms with Crippen LogP contribution in [0.25, 0.3) is 0 Å². The molecule has 1 aliphatic rings. The first-order chi connectivity index (χ1) is 11.2. The molecule has 0 amide bonds. The van der Waals surface area contributed by atoms with E-state index in [9.17, 15) is 4.55 Å². The van der Waals surface area contributed by atoms with Gasteiger partial charge in [0.1, 0.15) is 5.25 Å². The molecular formula is C19H24N2OS. The van der Waals surface area contributed by atoms with Crippen LogP contribution in [0.15, 0.2) is 53.7 Å². The van der Waals surface area contributed by atoms with Crippen LogP contribution < -0.4 is 0 Å². The zero-order chi connectivity index (χ0) is 16.1. The van der Waals surface area contributed by atoms with Gasteiger partial charge in [-0.15, -0.1) is 0 Å². The number of aryl methyl sites for hydroxylation is 1. The van der Waals surface area contributed by atoms with E-state index in [0.29, 0.717) is 5.25 Å². The minimum atomic E-state index is -0.868. The second-order valence-electron chi connectivity index (χ2n) is 6.26. The Balaban J connectivity index is 1.47. The van der Waals surface area contributed by atoms with Gasteiger partial charge in [-0.3, -0.25) is 4.98 Å². The molecule has 0 radical (unpaired) electrons. The third-order valence-electron chi connectivity index (χ3n) is 4.56. The van der Waals surface area contributed by atoms with Gasteiger partial charge in [-0.2, -0.15) is 0 Å². The molecule has 1 aliphatic heterocycles. The van der Waals surface area contributed by atoms with E-state index >= 15 is 0 Å². The summed E-state index contributed by atoms with van der Waals surface area (Å²) in [5, 5.41) is 0.301. The molecule has 1 unspecified atom stereocenters. The summed E-state index contributed by atoms with van der Waals surface area (Å²) in [7, 11) is 0. The summed E-state index contributed by atoms with van der Waals surface area (Å²) in [6, 6.07) is 12.3. The normalized spacial score (nSPS) is 18.0. The maximum atomic E-state index is 12.7. The summed E-state index contributed by atoms with van der Waals surface area (Å²) in [5.41, 5.74) is 2.56. The second kappa shape index (κ2) is 7.95. The van der Waals surface area contributed by atoms with E-state index in [1.54, 1.807) is 0 Å². The zero-order valence-corrected chi connectivity index (χ0v) is 14.5. The Morgan fingerprint density at radius 1 is 1.09 bits per heavy atom. The van der Waals surface area contributed by atoms with Gasteiger partial charge in [-0.1, -0.05) is 17.7 Å². The van der Waals surface area contributed by atoms with Crippen LogP contribution in [0.2, 0.25) is 0 Å². The molecule has 1 saturated heterocycles. The van der Waals surface area contributed by atoms with Gasteiger partial charge in [-0.25, -0.2) is 0 Å². The summed E-state index contributed by atoms with van der Waals surface area (Å²) < 4.78 is 12.7. The van der Waals surface area contributed by atoms with Crippen molar-refractivity contribution in [2.75, 3.05) is 19.6 Å². The van der Waals surface area contributed by atoms with Gasteiger partial charge in [0.25, 0.3) is 0 Å².